The van der Waals surface area contributed by atoms with Gasteiger partial charge in [0, 0.05) is 12.8 Å². The highest BCUT2D eigenvalue weighted by Crippen LogP contribution is 2.24. The van der Waals surface area contributed by atoms with Gasteiger partial charge in [-0.15, -0.1) is 0 Å². The maximum Gasteiger partial charge on any atom is 0.306 e. The summed E-state index contributed by atoms with van der Waals surface area (Å²) in [7, 11) is -4.59. The Morgan fingerprint density at radius 2 is 1.14 bits per heavy atom. The fourth-order valence-corrected chi connectivity index (χ4v) is 6.48. The van der Waals surface area contributed by atoms with Gasteiger partial charge in [-0.2, -0.15) is 8.42 Å². The molecule has 0 saturated carbocycles. The number of ether oxygens (including phenoxy) is 4. The van der Waals surface area contributed by atoms with Gasteiger partial charge in [0.15, 0.2) is 12.4 Å². The summed E-state index contributed by atoms with van der Waals surface area (Å²) in [6.07, 6.45) is 17.2. The predicted molar refractivity (Wildman–Crippen MR) is 192 cm³/mol. The van der Waals surface area contributed by atoms with Crippen LogP contribution in [0.4, 0.5) is 0 Å². The van der Waals surface area contributed by atoms with Crippen LogP contribution < -0.4 is 0 Å². The molecule has 0 spiro atoms. The maximum absolute atomic E-state index is 12.7. The molecule has 1 saturated heterocycles. The summed E-state index contributed by atoms with van der Waals surface area (Å²) in [6.45, 7) is 3.68. The molecule has 50 heavy (non-hydrogen) atoms. The summed E-state index contributed by atoms with van der Waals surface area (Å²) < 4.78 is 53.7. The van der Waals surface area contributed by atoms with Crippen molar-refractivity contribution in [3.05, 3.63) is 12.2 Å². The van der Waals surface area contributed by atoms with Gasteiger partial charge in [0.1, 0.15) is 36.8 Å². The molecule has 2 unspecified atom stereocenters. The molecule has 12 nitrogen and oxygen atoms in total. The number of esters is 2. The van der Waals surface area contributed by atoms with Gasteiger partial charge in [-0.05, 0) is 38.5 Å². The predicted octanol–water partition coefficient (Wildman–Crippen LogP) is 6.33. The van der Waals surface area contributed by atoms with Crippen LogP contribution >= 0.6 is 0 Å². The summed E-state index contributed by atoms with van der Waals surface area (Å²) in [5.41, 5.74) is 0. The molecule has 294 valence electrons. The number of rotatable bonds is 31. The van der Waals surface area contributed by atoms with Crippen LogP contribution in [-0.2, 0) is 38.7 Å². The normalized spacial score (nSPS) is 21.8. The SMILES string of the molecule is CCCCCCC/C=C/CCCCCCCC(=O)O[C@H](COC(=O)CCCCCCCCCC)CO[C@H]1O[C@H](CS(=O)(=O)O)[C@@H](O)C(O)C1O. The van der Waals surface area contributed by atoms with E-state index in [0.29, 0.717) is 12.8 Å². The van der Waals surface area contributed by atoms with Gasteiger partial charge in [-0.1, -0.05) is 116 Å². The van der Waals surface area contributed by atoms with Crippen LogP contribution in [0.1, 0.15) is 155 Å². The van der Waals surface area contributed by atoms with E-state index >= 15 is 0 Å². The second-order valence-electron chi connectivity index (χ2n) is 13.6. The average Bonchev–Trinajstić information content (AvgIpc) is 3.07. The first-order valence-corrected chi connectivity index (χ1v) is 20.9. The van der Waals surface area contributed by atoms with Crippen molar-refractivity contribution in [2.75, 3.05) is 19.0 Å². The topological polar surface area (TPSA) is 186 Å². The van der Waals surface area contributed by atoms with Crippen molar-refractivity contribution < 1.29 is 56.8 Å². The maximum atomic E-state index is 12.7. The fourth-order valence-electron chi connectivity index (χ4n) is 5.79. The number of carbonyl (C=O) groups excluding carboxylic acids is 2. The molecule has 1 aliphatic rings. The highest BCUT2D eigenvalue weighted by molar-refractivity contribution is 7.85. The number of hydrogen-bond acceptors (Lipinski definition) is 11. The Morgan fingerprint density at radius 1 is 0.660 bits per heavy atom. The Kier molecular flexibility index (Phi) is 26.8. The van der Waals surface area contributed by atoms with Gasteiger partial charge in [0.2, 0.25) is 0 Å². The van der Waals surface area contributed by atoms with Crippen LogP contribution in [0.2, 0.25) is 0 Å². The Hall–Kier alpha value is -1.61. The van der Waals surface area contributed by atoms with Crippen molar-refractivity contribution >= 4 is 22.1 Å². The zero-order valence-electron chi connectivity index (χ0n) is 30.8. The van der Waals surface area contributed by atoms with E-state index in [0.717, 1.165) is 57.8 Å². The monoisotopic (exact) mass is 736 g/mol. The second kappa shape index (κ2) is 28.9. The number of carbonyl (C=O) groups is 2. The number of aliphatic hydroxyl groups excluding tert-OH is 3. The van der Waals surface area contributed by atoms with E-state index in [1.807, 2.05) is 0 Å². The van der Waals surface area contributed by atoms with E-state index in [9.17, 15) is 37.9 Å². The summed E-state index contributed by atoms with van der Waals surface area (Å²) in [5.74, 6) is -1.99. The lowest BCUT2D eigenvalue weighted by Crippen LogP contribution is -2.60. The number of allylic oxidation sites excluding steroid dienone is 2. The lowest BCUT2D eigenvalue weighted by atomic mass is 10.00. The Bertz CT molecular complexity index is 1000. The summed E-state index contributed by atoms with van der Waals surface area (Å²) in [6, 6.07) is 0. The Balaban J connectivity index is 2.52. The lowest BCUT2D eigenvalue weighted by Gasteiger charge is -2.40. The van der Waals surface area contributed by atoms with Crippen molar-refractivity contribution in [2.45, 2.75) is 192 Å². The molecule has 1 aliphatic heterocycles. The lowest BCUT2D eigenvalue weighted by molar-refractivity contribution is -0.297. The molecular weight excluding hydrogens is 668 g/mol. The minimum Gasteiger partial charge on any atom is -0.462 e. The second-order valence-corrected chi connectivity index (χ2v) is 15.1. The number of aliphatic hydroxyl groups is 3. The van der Waals surface area contributed by atoms with E-state index < -0.39 is 71.2 Å². The molecule has 0 aliphatic carbocycles. The summed E-state index contributed by atoms with van der Waals surface area (Å²) in [5, 5.41) is 30.7. The van der Waals surface area contributed by atoms with Gasteiger partial charge in [0.05, 0.1) is 6.61 Å². The third-order valence-corrected chi connectivity index (χ3v) is 9.60. The van der Waals surface area contributed by atoms with Crippen LogP contribution in [0.5, 0.6) is 0 Å². The van der Waals surface area contributed by atoms with Crippen molar-refractivity contribution in [1.29, 1.82) is 0 Å². The van der Waals surface area contributed by atoms with Crippen LogP contribution in [0.15, 0.2) is 12.2 Å². The highest BCUT2D eigenvalue weighted by atomic mass is 32.2. The molecule has 0 radical (unpaired) electrons. The van der Waals surface area contributed by atoms with Crippen molar-refractivity contribution in [2.24, 2.45) is 0 Å². The van der Waals surface area contributed by atoms with Crippen molar-refractivity contribution in [1.82, 2.24) is 0 Å². The van der Waals surface area contributed by atoms with Crippen LogP contribution in [0.25, 0.3) is 0 Å². The zero-order valence-corrected chi connectivity index (χ0v) is 31.6. The van der Waals surface area contributed by atoms with E-state index in [-0.39, 0.29) is 19.4 Å². The molecule has 1 heterocycles. The molecule has 6 atom stereocenters. The van der Waals surface area contributed by atoms with E-state index in [1.165, 1.54) is 57.8 Å². The molecule has 13 heteroatoms. The van der Waals surface area contributed by atoms with Crippen molar-refractivity contribution in [3.63, 3.8) is 0 Å². The first-order chi connectivity index (χ1) is 24.0. The third-order valence-electron chi connectivity index (χ3n) is 8.85. The zero-order chi connectivity index (χ0) is 37.0. The summed E-state index contributed by atoms with van der Waals surface area (Å²) in [4.78, 5) is 25.1. The Morgan fingerprint density at radius 3 is 1.66 bits per heavy atom. The minimum atomic E-state index is -4.59. The fraction of sp³-hybridized carbons (Fsp3) is 0.892. The molecule has 0 aromatic rings. The average molecular weight is 737 g/mol. The number of unbranched alkanes of at least 4 members (excludes halogenated alkanes) is 17. The van der Waals surface area contributed by atoms with Gasteiger partial charge in [0.25, 0.3) is 10.1 Å². The van der Waals surface area contributed by atoms with E-state index in [4.69, 9.17) is 18.9 Å². The quantitative estimate of drug-likeness (QED) is 0.0269. The number of hydrogen-bond donors (Lipinski definition) is 4. The molecule has 0 amide bonds. The third kappa shape index (κ3) is 23.8. The smallest absolute Gasteiger partial charge is 0.306 e. The first-order valence-electron chi connectivity index (χ1n) is 19.2. The highest BCUT2D eigenvalue weighted by Gasteiger charge is 2.46. The van der Waals surface area contributed by atoms with Gasteiger partial charge < -0.3 is 34.3 Å². The van der Waals surface area contributed by atoms with E-state index in [1.54, 1.807) is 0 Å². The largest absolute Gasteiger partial charge is 0.462 e. The standard InChI is InChI=1S/C37H68O12S/c1-3-5-7-9-11-13-14-15-16-17-18-20-22-24-26-33(39)48-30(27-46-32(38)25-23-21-19-12-10-8-6-4-2)28-47-37-36(42)35(41)34(40)31(49-37)29-50(43,44)45/h14-15,30-31,34-37,40-42H,3-13,16-29H2,1-2H3,(H,43,44,45)/b15-14+/t30-,31-,34-,35?,36?,37+/m1/s1. The van der Waals surface area contributed by atoms with Gasteiger partial charge >= 0.3 is 11.9 Å². The minimum absolute atomic E-state index is 0.157. The van der Waals surface area contributed by atoms with E-state index in [2.05, 4.69) is 26.0 Å². The Labute approximate surface area is 301 Å². The molecular formula is C37H68O12S. The molecule has 1 rings (SSSR count). The van der Waals surface area contributed by atoms with Crippen LogP contribution in [-0.4, -0.2) is 96.0 Å². The molecule has 1 fully saturated rings. The molecule has 0 bridgehead atoms. The first kappa shape index (κ1) is 46.4. The molecule has 0 aromatic heterocycles. The van der Waals surface area contributed by atoms with Crippen LogP contribution in [0, 0.1) is 0 Å². The van der Waals surface area contributed by atoms with Gasteiger partial charge in [-0.3, -0.25) is 14.1 Å². The molecule has 0 aromatic carbocycles. The van der Waals surface area contributed by atoms with Gasteiger partial charge in [-0.25, -0.2) is 0 Å². The molecule has 4 N–H and O–H groups in total. The van der Waals surface area contributed by atoms with Crippen LogP contribution in [0.3, 0.4) is 0 Å². The van der Waals surface area contributed by atoms with Crippen molar-refractivity contribution in [3.8, 4) is 0 Å². The summed E-state index contributed by atoms with van der Waals surface area (Å²) >= 11 is 0.